The van der Waals surface area contributed by atoms with Gasteiger partial charge in [-0.25, -0.2) is 0 Å². The molecule has 0 bridgehead atoms. The summed E-state index contributed by atoms with van der Waals surface area (Å²) in [7, 11) is 0. The first-order chi connectivity index (χ1) is 13.5. The number of hydrogen-bond acceptors (Lipinski definition) is 4. The van der Waals surface area contributed by atoms with Crippen LogP contribution in [-0.4, -0.2) is 28.2 Å². The molecule has 1 unspecified atom stereocenters. The summed E-state index contributed by atoms with van der Waals surface area (Å²) in [4.78, 5) is 15.8. The molecular formula is C19H9F6NO2S. The van der Waals surface area contributed by atoms with Crippen LogP contribution in [-0.2, 0) is 5.60 Å². The van der Waals surface area contributed by atoms with Crippen molar-refractivity contribution < 1.29 is 36.2 Å². The number of hydrogen-bond donors (Lipinski definition) is 1. The number of benzene rings is 2. The summed E-state index contributed by atoms with van der Waals surface area (Å²) in [6, 6.07) is 8.10. The predicted molar refractivity (Wildman–Crippen MR) is 91.7 cm³/mol. The van der Waals surface area contributed by atoms with E-state index in [0.717, 1.165) is 17.8 Å². The van der Waals surface area contributed by atoms with Crippen LogP contribution in [0.25, 0.3) is 10.9 Å². The van der Waals surface area contributed by atoms with Crippen LogP contribution in [0.3, 0.4) is 0 Å². The van der Waals surface area contributed by atoms with Crippen molar-refractivity contribution in [2.24, 2.45) is 0 Å². The van der Waals surface area contributed by atoms with Gasteiger partial charge in [-0.2, -0.15) is 26.3 Å². The summed E-state index contributed by atoms with van der Waals surface area (Å²) in [5, 5.41) is 10.6. The van der Waals surface area contributed by atoms with Gasteiger partial charge in [-0.1, -0.05) is 36.0 Å². The molecule has 1 aromatic heterocycles. The summed E-state index contributed by atoms with van der Waals surface area (Å²) in [6.45, 7) is 0. The maximum absolute atomic E-state index is 14.1. The lowest BCUT2D eigenvalue weighted by molar-refractivity contribution is -0.250. The topological polar surface area (TPSA) is 50.2 Å². The van der Waals surface area contributed by atoms with Crippen LogP contribution >= 0.6 is 11.8 Å². The molecule has 1 aliphatic heterocycles. The van der Waals surface area contributed by atoms with Crippen molar-refractivity contribution in [3.8, 4) is 0 Å². The highest BCUT2D eigenvalue weighted by Gasteiger charge is 2.60. The summed E-state index contributed by atoms with van der Waals surface area (Å²) in [6.07, 6.45) is -9.38. The Bertz CT molecular complexity index is 1160. The fraction of sp³-hybridized carbons (Fsp3) is 0.158. The quantitative estimate of drug-likeness (QED) is 0.425. The fourth-order valence-corrected chi connectivity index (χ4v) is 4.61. The number of alkyl halides is 6. The van der Waals surface area contributed by atoms with E-state index < -0.39 is 40.4 Å². The van der Waals surface area contributed by atoms with Crippen LogP contribution in [0.5, 0.6) is 0 Å². The summed E-state index contributed by atoms with van der Waals surface area (Å²) < 4.78 is 81.5. The summed E-state index contributed by atoms with van der Waals surface area (Å²) >= 11 is 0.843. The third-order valence-corrected chi connectivity index (χ3v) is 5.83. The number of aromatic nitrogens is 1. The zero-order valence-electron chi connectivity index (χ0n) is 14.1. The maximum Gasteiger partial charge on any atom is 0.454 e. The van der Waals surface area contributed by atoms with E-state index in [4.69, 9.17) is 0 Å². The van der Waals surface area contributed by atoms with Gasteiger partial charge in [0.05, 0.1) is 5.52 Å². The number of pyridine rings is 1. The molecule has 0 radical (unpaired) electrons. The van der Waals surface area contributed by atoms with Gasteiger partial charge in [0, 0.05) is 38.1 Å². The number of Topliss-reactive ketones (excluding diaryl/α,β-unsaturated/α-hetero) is 1. The normalized spacial score (nSPS) is 19.0. The van der Waals surface area contributed by atoms with Gasteiger partial charge in [0.2, 0.25) is 5.60 Å². The van der Waals surface area contributed by atoms with E-state index in [2.05, 4.69) is 4.98 Å². The van der Waals surface area contributed by atoms with E-state index in [1.54, 1.807) is 0 Å². The molecule has 1 aliphatic rings. The Kier molecular flexibility index (Phi) is 4.22. The minimum Gasteiger partial charge on any atom is -0.372 e. The van der Waals surface area contributed by atoms with Gasteiger partial charge < -0.3 is 5.11 Å². The van der Waals surface area contributed by atoms with Crippen LogP contribution in [0.4, 0.5) is 26.3 Å². The molecule has 2 heterocycles. The van der Waals surface area contributed by atoms with Crippen LogP contribution in [0.1, 0.15) is 21.5 Å². The molecule has 3 nitrogen and oxygen atoms in total. The van der Waals surface area contributed by atoms with E-state index in [9.17, 15) is 36.2 Å². The average molecular weight is 429 g/mol. The molecule has 3 aromatic rings. The van der Waals surface area contributed by atoms with Crippen molar-refractivity contribution in [2.45, 2.75) is 27.7 Å². The molecule has 150 valence electrons. The van der Waals surface area contributed by atoms with Crippen molar-refractivity contribution in [2.75, 3.05) is 0 Å². The van der Waals surface area contributed by atoms with E-state index >= 15 is 0 Å². The van der Waals surface area contributed by atoms with Gasteiger partial charge in [0.1, 0.15) is 0 Å². The van der Waals surface area contributed by atoms with Crippen molar-refractivity contribution in [3.05, 3.63) is 65.4 Å². The first-order valence-corrected chi connectivity index (χ1v) is 8.88. The second-order valence-electron chi connectivity index (χ2n) is 6.33. The van der Waals surface area contributed by atoms with Crippen LogP contribution in [0.2, 0.25) is 0 Å². The molecule has 1 N–H and O–H groups in total. The highest BCUT2D eigenvalue weighted by Crippen LogP contribution is 2.56. The number of rotatable bonds is 1. The average Bonchev–Trinajstić information content (AvgIpc) is 2.65. The van der Waals surface area contributed by atoms with Gasteiger partial charge in [0.25, 0.3) is 5.78 Å². The van der Waals surface area contributed by atoms with Crippen molar-refractivity contribution >= 4 is 28.4 Å². The third kappa shape index (κ3) is 2.81. The lowest BCUT2D eigenvalue weighted by Crippen LogP contribution is -2.45. The Morgan fingerprint density at radius 1 is 1.00 bits per heavy atom. The smallest absolute Gasteiger partial charge is 0.372 e. The van der Waals surface area contributed by atoms with E-state index in [-0.39, 0.29) is 20.7 Å². The maximum atomic E-state index is 14.1. The van der Waals surface area contributed by atoms with Crippen LogP contribution in [0, 0.1) is 0 Å². The molecule has 0 saturated carbocycles. The molecule has 1 atom stereocenters. The third-order valence-electron chi connectivity index (χ3n) is 4.64. The Labute approximate surface area is 163 Å². The molecule has 0 spiro atoms. The van der Waals surface area contributed by atoms with Crippen molar-refractivity contribution in [1.82, 2.24) is 4.98 Å². The number of ketones is 1. The van der Waals surface area contributed by atoms with Gasteiger partial charge in [-0.15, -0.1) is 0 Å². The lowest BCUT2D eigenvalue weighted by atomic mass is 9.83. The molecular weight excluding hydrogens is 420 g/mol. The van der Waals surface area contributed by atoms with E-state index in [1.807, 2.05) is 0 Å². The first-order valence-electron chi connectivity index (χ1n) is 8.06. The van der Waals surface area contributed by atoms with Crippen LogP contribution in [0.15, 0.2) is 58.5 Å². The molecule has 0 amide bonds. The van der Waals surface area contributed by atoms with Crippen molar-refractivity contribution in [1.29, 1.82) is 0 Å². The summed E-state index contributed by atoms with van der Waals surface area (Å²) in [5.41, 5.74) is -6.20. The SMILES string of the molecule is O=C(c1cc2c(c3ncccc13)Sc1ccccc1C2(O)C(F)(F)F)C(F)(F)F. The Balaban J connectivity index is 2.15. The standard InChI is InChI=1S/C19H9F6NO2S/c20-18(21,22)16(27)10-8-12-15(14-9(10)4-3-7-26-14)29-13-6-2-1-5-11(13)17(12,28)19(23,24)25/h1-8,28H. The highest BCUT2D eigenvalue weighted by atomic mass is 32.2. The molecule has 0 saturated heterocycles. The van der Waals surface area contributed by atoms with Gasteiger partial charge in [-0.05, 0) is 18.2 Å². The number of aliphatic hydroxyl groups is 1. The zero-order chi connectivity index (χ0) is 21.2. The van der Waals surface area contributed by atoms with Gasteiger partial charge in [0.15, 0.2) is 0 Å². The second kappa shape index (κ2) is 6.20. The fourth-order valence-electron chi connectivity index (χ4n) is 3.35. The number of carbonyl (C=O) groups is 1. The molecule has 0 fully saturated rings. The minimum atomic E-state index is -5.31. The largest absolute Gasteiger partial charge is 0.454 e. The van der Waals surface area contributed by atoms with E-state index in [1.165, 1.54) is 36.5 Å². The zero-order valence-corrected chi connectivity index (χ0v) is 14.9. The van der Waals surface area contributed by atoms with Crippen LogP contribution < -0.4 is 0 Å². The predicted octanol–water partition coefficient (Wildman–Crippen LogP) is 5.24. The second-order valence-corrected chi connectivity index (χ2v) is 7.39. The molecule has 2 aromatic carbocycles. The number of carbonyl (C=O) groups excluding carboxylic acids is 1. The Morgan fingerprint density at radius 2 is 1.69 bits per heavy atom. The highest BCUT2D eigenvalue weighted by molar-refractivity contribution is 7.99. The lowest BCUT2D eigenvalue weighted by Gasteiger charge is -2.37. The monoisotopic (exact) mass is 429 g/mol. The number of halogens is 6. The first kappa shape index (κ1) is 19.7. The van der Waals surface area contributed by atoms with Gasteiger partial charge >= 0.3 is 12.4 Å². The minimum absolute atomic E-state index is 0.0849. The Hall–Kier alpha value is -2.59. The summed E-state index contributed by atoms with van der Waals surface area (Å²) in [5.74, 6) is -2.31. The molecule has 0 aliphatic carbocycles. The molecule has 29 heavy (non-hydrogen) atoms. The number of fused-ring (bicyclic) bond motifs is 4. The Morgan fingerprint density at radius 3 is 2.34 bits per heavy atom. The number of nitrogens with zero attached hydrogens (tertiary/aromatic N) is 1. The molecule has 4 rings (SSSR count). The van der Waals surface area contributed by atoms with E-state index in [0.29, 0.717) is 6.07 Å². The van der Waals surface area contributed by atoms with Gasteiger partial charge in [-0.3, -0.25) is 9.78 Å². The van der Waals surface area contributed by atoms with Crippen molar-refractivity contribution in [3.63, 3.8) is 0 Å². The molecule has 10 heteroatoms.